The summed E-state index contributed by atoms with van der Waals surface area (Å²) in [4.78, 5) is 1.33. The summed E-state index contributed by atoms with van der Waals surface area (Å²) in [6, 6.07) is 0. The smallest absolute Gasteiger partial charge is 0.0160 e. The maximum atomic E-state index is 3.90. The summed E-state index contributed by atoms with van der Waals surface area (Å²) in [6.45, 7) is 6.01. The van der Waals surface area contributed by atoms with Gasteiger partial charge in [0.15, 0.2) is 0 Å². The van der Waals surface area contributed by atoms with E-state index in [1.807, 2.05) is 23.9 Å². The zero-order valence-corrected chi connectivity index (χ0v) is 7.53. The van der Waals surface area contributed by atoms with E-state index in [-0.39, 0.29) is 0 Å². The molecule has 0 aromatic rings. The highest BCUT2D eigenvalue weighted by Crippen LogP contribution is 2.17. The highest BCUT2D eigenvalue weighted by molar-refractivity contribution is 8.03. The molecule has 1 aliphatic heterocycles. The van der Waals surface area contributed by atoms with E-state index < -0.39 is 0 Å². The summed E-state index contributed by atoms with van der Waals surface area (Å²) in [7, 11) is 0. The summed E-state index contributed by atoms with van der Waals surface area (Å²) >= 11 is 1.84. The van der Waals surface area contributed by atoms with Crippen molar-refractivity contribution in [2.45, 2.75) is 6.92 Å². The molecule has 11 heavy (non-hydrogen) atoms. The number of hydrogen-bond donors (Lipinski definition) is 0. The molecule has 0 saturated carbocycles. The Balaban J connectivity index is 2.76. The topological polar surface area (TPSA) is 0 Å². The Morgan fingerprint density at radius 2 is 2.27 bits per heavy atom. The van der Waals surface area contributed by atoms with Crippen LogP contribution in [-0.4, -0.2) is 5.75 Å². The van der Waals surface area contributed by atoms with Crippen molar-refractivity contribution in [1.29, 1.82) is 0 Å². The highest BCUT2D eigenvalue weighted by Gasteiger charge is 1.90. The normalized spacial score (nSPS) is 29.2. The molecule has 0 saturated heterocycles. The minimum atomic E-state index is 1.06. The van der Waals surface area contributed by atoms with Crippen molar-refractivity contribution in [2.24, 2.45) is 0 Å². The fraction of sp³-hybridized carbons (Fsp3) is 0.200. The minimum absolute atomic E-state index is 1.06. The molecular formula is C10H12S. The molecule has 0 nitrogen and oxygen atoms in total. The van der Waals surface area contributed by atoms with Gasteiger partial charge in [-0.1, -0.05) is 30.9 Å². The average molecular weight is 164 g/mol. The van der Waals surface area contributed by atoms with Crippen LogP contribution in [0.5, 0.6) is 0 Å². The van der Waals surface area contributed by atoms with Gasteiger partial charge in [-0.25, -0.2) is 0 Å². The second-order valence-corrected chi connectivity index (χ2v) is 3.69. The molecule has 0 bridgehead atoms. The summed E-state index contributed by atoms with van der Waals surface area (Å²) in [5.74, 6) is 1.06. The highest BCUT2D eigenvalue weighted by atomic mass is 32.2. The fourth-order valence-electron chi connectivity index (χ4n) is 0.844. The molecule has 0 N–H and O–H groups in total. The van der Waals surface area contributed by atoms with Gasteiger partial charge in [0.1, 0.15) is 0 Å². The van der Waals surface area contributed by atoms with Crippen LogP contribution in [-0.2, 0) is 0 Å². The van der Waals surface area contributed by atoms with Gasteiger partial charge in [-0.15, -0.1) is 11.8 Å². The summed E-state index contributed by atoms with van der Waals surface area (Å²) in [5.41, 5.74) is 1.07. The van der Waals surface area contributed by atoms with Crippen LogP contribution in [0.2, 0.25) is 0 Å². The van der Waals surface area contributed by atoms with Gasteiger partial charge in [0.2, 0.25) is 0 Å². The van der Waals surface area contributed by atoms with Crippen molar-refractivity contribution >= 4 is 11.8 Å². The van der Waals surface area contributed by atoms with Crippen LogP contribution < -0.4 is 0 Å². The van der Waals surface area contributed by atoms with Crippen LogP contribution in [0.25, 0.3) is 0 Å². The maximum Gasteiger partial charge on any atom is 0.0160 e. The Hall–Kier alpha value is -0.690. The van der Waals surface area contributed by atoms with Gasteiger partial charge in [-0.3, -0.25) is 0 Å². The van der Waals surface area contributed by atoms with Gasteiger partial charge in [-0.2, -0.15) is 0 Å². The molecular weight excluding hydrogens is 152 g/mol. The minimum Gasteiger partial charge on any atom is -0.127 e. The number of hydrogen-bond acceptors (Lipinski definition) is 1. The molecule has 0 radical (unpaired) electrons. The van der Waals surface area contributed by atoms with Crippen molar-refractivity contribution in [3.63, 3.8) is 0 Å². The predicted molar refractivity (Wildman–Crippen MR) is 53.6 cm³/mol. The zero-order valence-electron chi connectivity index (χ0n) is 6.71. The molecule has 0 fully saturated rings. The van der Waals surface area contributed by atoms with Crippen LogP contribution in [0, 0.1) is 0 Å². The first-order valence-electron chi connectivity index (χ1n) is 3.62. The van der Waals surface area contributed by atoms with Gasteiger partial charge in [0.25, 0.3) is 0 Å². The standard InChI is InChI=1S/C10H12S/c1-9-6-4-3-5-7-11-10(2)8-9/h3-6,8H,1,7H2,2H3/b5-3-,6-4-,10-8-. The molecule has 0 aliphatic carbocycles. The van der Waals surface area contributed by atoms with Crippen LogP contribution in [0.3, 0.4) is 0 Å². The molecule has 0 aromatic heterocycles. The van der Waals surface area contributed by atoms with E-state index in [0.717, 1.165) is 11.3 Å². The Kier molecular flexibility index (Phi) is 3.24. The van der Waals surface area contributed by atoms with Gasteiger partial charge >= 0.3 is 0 Å². The third-order valence-corrected chi connectivity index (χ3v) is 2.29. The Morgan fingerprint density at radius 1 is 1.45 bits per heavy atom. The van der Waals surface area contributed by atoms with Crippen LogP contribution in [0.15, 0.2) is 47.4 Å². The van der Waals surface area contributed by atoms with Gasteiger partial charge in [0.05, 0.1) is 0 Å². The average Bonchev–Trinajstić information content (AvgIpc) is 2.02. The first-order chi connectivity index (χ1) is 5.29. The third kappa shape index (κ3) is 3.28. The number of rotatable bonds is 0. The summed E-state index contributed by atoms with van der Waals surface area (Å²) < 4.78 is 0. The number of allylic oxidation sites excluding steroid dienone is 6. The molecule has 0 unspecified atom stereocenters. The lowest BCUT2D eigenvalue weighted by Crippen LogP contribution is -1.72. The fourth-order valence-corrected chi connectivity index (χ4v) is 1.55. The molecule has 0 atom stereocenters. The van der Waals surface area contributed by atoms with Crippen molar-refractivity contribution in [3.8, 4) is 0 Å². The van der Waals surface area contributed by atoms with Crippen LogP contribution in [0.4, 0.5) is 0 Å². The van der Waals surface area contributed by atoms with Crippen molar-refractivity contribution < 1.29 is 0 Å². The Morgan fingerprint density at radius 3 is 3.09 bits per heavy atom. The van der Waals surface area contributed by atoms with E-state index >= 15 is 0 Å². The van der Waals surface area contributed by atoms with Crippen LogP contribution >= 0.6 is 11.8 Å². The van der Waals surface area contributed by atoms with Crippen molar-refractivity contribution in [1.82, 2.24) is 0 Å². The van der Waals surface area contributed by atoms with Crippen LogP contribution in [0.1, 0.15) is 6.92 Å². The Labute approximate surface area is 72.4 Å². The van der Waals surface area contributed by atoms with E-state index in [1.165, 1.54) is 4.91 Å². The summed E-state index contributed by atoms with van der Waals surface area (Å²) in [6.07, 6.45) is 10.4. The van der Waals surface area contributed by atoms with E-state index in [0.29, 0.717) is 0 Å². The predicted octanol–water partition coefficient (Wildman–Crippen LogP) is 3.31. The molecule has 1 heteroatoms. The molecule has 1 rings (SSSR count). The summed E-state index contributed by atoms with van der Waals surface area (Å²) in [5, 5.41) is 0. The number of thioether (sulfide) groups is 1. The molecule has 0 aromatic carbocycles. The first-order valence-corrected chi connectivity index (χ1v) is 4.61. The van der Waals surface area contributed by atoms with E-state index in [9.17, 15) is 0 Å². The van der Waals surface area contributed by atoms with E-state index in [4.69, 9.17) is 0 Å². The monoisotopic (exact) mass is 164 g/mol. The van der Waals surface area contributed by atoms with E-state index in [2.05, 4.69) is 31.7 Å². The second kappa shape index (κ2) is 4.24. The van der Waals surface area contributed by atoms with Crippen molar-refractivity contribution in [3.05, 3.63) is 47.4 Å². The largest absolute Gasteiger partial charge is 0.127 e. The Bertz CT molecular complexity index is 231. The SMILES string of the molecule is C=C1/C=C\C=C/CS/C(C)=C\1. The lowest BCUT2D eigenvalue weighted by Gasteiger charge is -1.95. The lowest BCUT2D eigenvalue weighted by atomic mass is 10.2. The molecule has 0 spiro atoms. The third-order valence-electron chi connectivity index (χ3n) is 1.35. The van der Waals surface area contributed by atoms with Gasteiger partial charge < -0.3 is 0 Å². The molecule has 1 heterocycles. The maximum absolute atomic E-state index is 3.90. The first kappa shape index (κ1) is 8.41. The van der Waals surface area contributed by atoms with Gasteiger partial charge in [-0.05, 0) is 23.5 Å². The van der Waals surface area contributed by atoms with E-state index in [1.54, 1.807) is 0 Å². The second-order valence-electron chi connectivity index (χ2n) is 2.43. The quantitative estimate of drug-likeness (QED) is 0.529. The lowest BCUT2D eigenvalue weighted by molar-refractivity contribution is 1.62. The molecule has 58 valence electrons. The van der Waals surface area contributed by atoms with Crippen molar-refractivity contribution in [2.75, 3.05) is 5.75 Å². The van der Waals surface area contributed by atoms with Gasteiger partial charge in [0, 0.05) is 5.75 Å². The molecule has 1 aliphatic rings. The molecule has 0 amide bonds. The zero-order chi connectivity index (χ0) is 8.10.